The normalized spacial score (nSPS) is 15.2. The van der Waals surface area contributed by atoms with Crippen LogP contribution in [-0.4, -0.2) is 76.9 Å². The lowest BCUT2D eigenvalue weighted by atomic mass is 10.2. The molecule has 1 N–H and O–H groups in total. The first kappa shape index (κ1) is 24.2. The summed E-state index contributed by atoms with van der Waals surface area (Å²) in [6, 6.07) is 14.7. The predicted molar refractivity (Wildman–Crippen MR) is 129 cm³/mol. The summed E-state index contributed by atoms with van der Waals surface area (Å²) in [7, 11) is -0.510. The smallest absolute Gasteiger partial charge is 0.251 e. The topological polar surface area (TPSA) is 73.0 Å². The standard InChI is InChI=1S/C24H34N4O3S/c1-20-7-6-8-22(19-20)28-17-15-27(16-18-28)14-5-4-13-25-24(29)21-9-11-23(12-10-21)32(30,31)26(2)3/h6-12,19H,4-5,13-18H2,1-3H3,(H,25,29). The highest BCUT2D eigenvalue weighted by atomic mass is 32.2. The molecule has 0 bridgehead atoms. The van der Waals surface area contributed by atoms with Crippen LogP contribution in [0.4, 0.5) is 5.69 Å². The molecule has 1 amide bonds. The van der Waals surface area contributed by atoms with Crippen LogP contribution in [-0.2, 0) is 10.0 Å². The van der Waals surface area contributed by atoms with E-state index in [1.165, 1.54) is 37.5 Å². The van der Waals surface area contributed by atoms with Crippen LogP contribution in [0.5, 0.6) is 0 Å². The zero-order valence-electron chi connectivity index (χ0n) is 19.3. The van der Waals surface area contributed by atoms with Gasteiger partial charge in [0.05, 0.1) is 4.90 Å². The number of hydrogen-bond acceptors (Lipinski definition) is 5. The Balaban J connectivity index is 1.34. The number of nitrogens with one attached hydrogen (secondary N) is 1. The maximum Gasteiger partial charge on any atom is 0.251 e. The highest BCUT2D eigenvalue weighted by Crippen LogP contribution is 2.18. The van der Waals surface area contributed by atoms with E-state index in [-0.39, 0.29) is 10.8 Å². The number of unbranched alkanes of at least 4 members (excludes halogenated alkanes) is 1. The van der Waals surface area contributed by atoms with Crippen molar-refractivity contribution in [3.63, 3.8) is 0 Å². The predicted octanol–water partition coefficient (Wildman–Crippen LogP) is 2.58. The minimum atomic E-state index is -3.48. The number of piperazine rings is 1. The number of sulfonamides is 1. The minimum absolute atomic E-state index is 0.175. The molecule has 1 aliphatic heterocycles. The molecule has 0 saturated carbocycles. The van der Waals surface area contributed by atoms with Gasteiger partial charge in [0, 0.05) is 58.1 Å². The minimum Gasteiger partial charge on any atom is -0.369 e. The van der Waals surface area contributed by atoms with Crippen molar-refractivity contribution in [2.45, 2.75) is 24.7 Å². The fraction of sp³-hybridized carbons (Fsp3) is 0.458. The van der Waals surface area contributed by atoms with Crippen LogP contribution in [0.25, 0.3) is 0 Å². The zero-order chi connectivity index (χ0) is 23.1. The Hall–Kier alpha value is -2.42. The van der Waals surface area contributed by atoms with E-state index in [0.29, 0.717) is 12.1 Å². The van der Waals surface area contributed by atoms with Gasteiger partial charge in [-0.2, -0.15) is 0 Å². The molecule has 174 valence electrons. The average Bonchev–Trinajstić information content (AvgIpc) is 2.79. The van der Waals surface area contributed by atoms with Crippen molar-refractivity contribution in [3.8, 4) is 0 Å². The van der Waals surface area contributed by atoms with Crippen LogP contribution in [0, 0.1) is 6.92 Å². The number of carbonyl (C=O) groups is 1. The van der Waals surface area contributed by atoms with E-state index in [9.17, 15) is 13.2 Å². The summed E-state index contributed by atoms with van der Waals surface area (Å²) in [4.78, 5) is 17.4. The molecule has 2 aromatic carbocycles. The number of aryl methyl sites for hydroxylation is 1. The third kappa shape index (κ3) is 6.31. The summed E-state index contributed by atoms with van der Waals surface area (Å²) in [5.74, 6) is -0.175. The summed E-state index contributed by atoms with van der Waals surface area (Å²) >= 11 is 0. The molecule has 3 rings (SSSR count). The third-order valence-corrected chi connectivity index (χ3v) is 7.65. The number of nitrogens with zero attached hydrogens (tertiary/aromatic N) is 3. The molecule has 0 radical (unpaired) electrons. The van der Waals surface area contributed by atoms with Gasteiger partial charge in [-0.1, -0.05) is 12.1 Å². The van der Waals surface area contributed by atoms with Gasteiger partial charge in [-0.3, -0.25) is 9.69 Å². The van der Waals surface area contributed by atoms with E-state index in [1.807, 2.05) is 0 Å². The molecular formula is C24H34N4O3S. The largest absolute Gasteiger partial charge is 0.369 e. The van der Waals surface area contributed by atoms with Gasteiger partial charge in [-0.25, -0.2) is 12.7 Å². The van der Waals surface area contributed by atoms with Crippen molar-refractivity contribution in [3.05, 3.63) is 59.7 Å². The molecular weight excluding hydrogens is 424 g/mol. The Morgan fingerprint density at radius 3 is 2.31 bits per heavy atom. The molecule has 1 heterocycles. The number of benzene rings is 2. The van der Waals surface area contributed by atoms with Gasteiger partial charge in [0.25, 0.3) is 5.91 Å². The van der Waals surface area contributed by atoms with E-state index in [0.717, 1.165) is 49.9 Å². The van der Waals surface area contributed by atoms with Gasteiger partial charge in [0.1, 0.15) is 0 Å². The maximum atomic E-state index is 12.3. The van der Waals surface area contributed by atoms with Crippen molar-refractivity contribution in [2.24, 2.45) is 0 Å². The van der Waals surface area contributed by atoms with Crippen LogP contribution < -0.4 is 10.2 Å². The van der Waals surface area contributed by atoms with Crippen molar-refractivity contribution >= 4 is 21.6 Å². The Bertz CT molecular complexity index is 998. The fourth-order valence-corrected chi connectivity index (χ4v) is 4.71. The molecule has 2 aromatic rings. The van der Waals surface area contributed by atoms with Crippen LogP contribution in [0.2, 0.25) is 0 Å². The number of anilines is 1. The first-order valence-electron chi connectivity index (χ1n) is 11.1. The first-order chi connectivity index (χ1) is 15.3. The first-order valence-corrected chi connectivity index (χ1v) is 12.6. The lowest BCUT2D eigenvalue weighted by molar-refractivity contribution is 0.0952. The van der Waals surface area contributed by atoms with Crippen molar-refractivity contribution in [1.82, 2.24) is 14.5 Å². The van der Waals surface area contributed by atoms with Crippen LogP contribution in [0.1, 0.15) is 28.8 Å². The molecule has 0 atom stereocenters. The van der Waals surface area contributed by atoms with Gasteiger partial charge in [-0.05, 0) is 68.3 Å². The number of carbonyl (C=O) groups excluding carboxylic acids is 1. The average molecular weight is 459 g/mol. The summed E-state index contributed by atoms with van der Waals surface area (Å²) in [6.07, 6.45) is 1.95. The molecule has 1 fully saturated rings. The molecule has 0 aromatic heterocycles. The number of rotatable bonds is 9. The highest BCUT2D eigenvalue weighted by molar-refractivity contribution is 7.89. The van der Waals surface area contributed by atoms with Crippen molar-refractivity contribution in [1.29, 1.82) is 0 Å². The molecule has 1 saturated heterocycles. The molecule has 0 unspecified atom stereocenters. The van der Waals surface area contributed by atoms with Crippen LogP contribution in [0.15, 0.2) is 53.4 Å². The Labute approximate surface area is 192 Å². The maximum absolute atomic E-state index is 12.3. The van der Waals surface area contributed by atoms with E-state index in [4.69, 9.17) is 0 Å². The van der Waals surface area contributed by atoms with Gasteiger partial charge in [-0.15, -0.1) is 0 Å². The van der Waals surface area contributed by atoms with E-state index >= 15 is 0 Å². The van der Waals surface area contributed by atoms with Gasteiger partial charge in [0.15, 0.2) is 0 Å². The lowest BCUT2D eigenvalue weighted by Crippen LogP contribution is -2.46. The van der Waals surface area contributed by atoms with Crippen molar-refractivity contribution < 1.29 is 13.2 Å². The summed E-state index contributed by atoms with van der Waals surface area (Å²) < 4.78 is 25.4. The van der Waals surface area contributed by atoms with Crippen molar-refractivity contribution in [2.75, 3.05) is 58.3 Å². The SMILES string of the molecule is Cc1cccc(N2CCN(CCCCNC(=O)c3ccc(S(=O)(=O)N(C)C)cc3)CC2)c1. The number of amides is 1. The Kier molecular flexibility index (Phi) is 8.28. The van der Waals surface area contributed by atoms with Gasteiger partial charge < -0.3 is 10.2 Å². The summed E-state index contributed by atoms with van der Waals surface area (Å²) in [6.45, 7) is 7.97. The van der Waals surface area contributed by atoms with E-state index in [2.05, 4.69) is 46.3 Å². The molecule has 0 aliphatic carbocycles. The molecule has 8 heteroatoms. The van der Waals surface area contributed by atoms with Crippen LogP contribution in [0.3, 0.4) is 0 Å². The van der Waals surface area contributed by atoms with E-state index < -0.39 is 10.0 Å². The lowest BCUT2D eigenvalue weighted by Gasteiger charge is -2.36. The fourth-order valence-electron chi connectivity index (χ4n) is 3.81. The zero-order valence-corrected chi connectivity index (χ0v) is 20.1. The Morgan fingerprint density at radius 1 is 1.00 bits per heavy atom. The molecule has 32 heavy (non-hydrogen) atoms. The second-order valence-electron chi connectivity index (χ2n) is 8.44. The second-order valence-corrected chi connectivity index (χ2v) is 10.6. The molecule has 1 aliphatic rings. The Morgan fingerprint density at radius 2 is 1.69 bits per heavy atom. The van der Waals surface area contributed by atoms with Gasteiger partial charge in [0.2, 0.25) is 10.0 Å². The summed E-state index contributed by atoms with van der Waals surface area (Å²) in [5, 5.41) is 2.93. The molecule has 0 spiro atoms. The monoisotopic (exact) mass is 458 g/mol. The number of hydrogen-bond donors (Lipinski definition) is 1. The summed E-state index contributed by atoms with van der Waals surface area (Å²) in [5.41, 5.74) is 3.07. The van der Waals surface area contributed by atoms with E-state index in [1.54, 1.807) is 12.1 Å². The van der Waals surface area contributed by atoms with Gasteiger partial charge >= 0.3 is 0 Å². The second kappa shape index (κ2) is 10.9. The quantitative estimate of drug-likeness (QED) is 0.585. The highest BCUT2D eigenvalue weighted by Gasteiger charge is 2.18. The van der Waals surface area contributed by atoms with Crippen LogP contribution >= 0.6 is 0 Å². The molecule has 7 nitrogen and oxygen atoms in total. The third-order valence-electron chi connectivity index (χ3n) is 5.82.